The molecule has 1 N–H and O–H groups in total. The number of benzene rings is 3. The Morgan fingerprint density at radius 2 is 1.56 bits per heavy atom. The van der Waals surface area contributed by atoms with Gasteiger partial charge in [0.2, 0.25) is 5.95 Å². The topological polar surface area (TPSA) is 37.8 Å². The number of hydrogen-bond acceptors (Lipinski definition) is 3. The second-order valence-corrected chi connectivity index (χ2v) is 9.79. The Kier molecular flexibility index (Phi) is 5.22. The smallest absolute Gasteiger partial charge is 0.227 e. The van der Waals surface area contributed by atoms with E-state index in [1.165, 1.54) is 11.1 Å². The van der Waals surface area contributed by atoms with E-state index < -0.39 is 0 Å². The molecule has 160 valence electrons. The van der Waals surface area contributed by atoms with Gasteiger partial charge in [0.25, 0.3) is 0 Å². The van der Waals surface area contributed by atoms with Gasteiger partial charge in [-0.05, 0) is 52.3 Å². The van der Waals surface area contributed by atoms with Crippen molar-refractivity contribution in [3.8, 4) is 11.3 Å². The fraction of sp³-hybridized carbons (Fsp3) is 0.214. The summed E-state index contributed by atoms with van der Waals surface area (Å²) in [6.07, 6.45) is 2.78. The maximum absolute atomic E-state index is 6.56. The summed E-state index contributed by atoms with van der Waals surface area (Å²) < 4.78 is 0. The third-order valence-corrected chi connectivity index (χ3v) is 6.51. The van der Waals surface area contributed by atoms with Crippen LogP contribution >= 0.6 is 11.6 Å². The zero-order valence-corrected chi connectivity index (χ0v) is 19.3. The van der Waals surface area contributed by atoms with Crippen LogP contribution in [0.25, 0.3) is 11.3 Å². The zero-order chi connectivity index (χ0) is 22.3. The highest BCUT2D eigenvalue weighted by atomic mass is 35.5. The zero-order valence-electron chi connectivity index (χ0n) is 18.6. The van der Waals surface area contributed by atoms with E-state index in [4.69, 9.17) is 16.6 Å². The van der Waals surface area contributed by atoms with Crippen LogP contribution < -0.4 is 5.32 Å². The molecule has 4 heteroatoms. The van der Waals surface area contributed by atoms with E-state index in [2.05, 4.69) is 85.7 Å². The number of hydrogen-bond donors (Lipinski definition) is 1. The van der Waals surface area contributed by atoms with Crippen LogP contribution in [0.15, 0.2) is 79.0 Å². The highest BCUT2D eigenvalue weighted by Crippen LogP contribution is 2.43. The van der Waals surface area contributed by atoms with Crippen LogP contribution in [-0.4, -0.2) is 9.97 Å². The summed E-state index contributed by atoms with van der Waals surface area (Å²) in [7, 11) is 0. The Balaban J connectivity index is 1.49. The molecule has 0 aliphatic heterocycles. The van der Waals surface area contributed by atoms with Gasteiger partial charge in [0.05, 0.1) is 5.69 Å². The van der Waals surface area contributed by atoms with Gasteiger partial charge in [0, 0.05) is 28.4 Å². The molecule has 1 aromatic heterocycles. The van der Waals surface area contributed by atoms with Crippen molar-refractivity contribution in [3.63, 3.8) is 0 Å². The lowest BCUT2D eigenvalue weighted by Crippen LogP contribution is -2.15. The van der Waals surface area contributed by atoms with Crippen molar-refractivity contribution in [1.29, 1.82) is 0 Å². The number of rotatable bonds is 3. The lowest BCUT2D eigenvalue weighted by Gasteiger charge is -2.28. The Morgan fingerprint density at radius 3 is 2.28 bits per heavy atom. The summed E-state index contributed by atoms with van der Waals surface area (Å²) in [6, 6.07) is 25.1. The maximum Gasteiger partial charge on any atom is 0.227 e. The van der Waals surface area contributed by atoms with Crippen molar-refractivity contribution in [2.24, 2.45) is 0 Å². The highest BCUT2D eigenvalue weighted by Gasteiger charge is 2.28. The molecule has 32 heavy (non-hydrogen) atoms. The second-order valence-electron chi connectivity index (χ2n) is 9.39. The first-order valence-corrected chi connectivity index (χ1v) is 11.3. The van der Waals surface area contributed by atoms with Gasteiger partial charge in [-0.1, -0.05) is 87.0 Å². The molecule has 1 atom stereocenters. The SMILES string of the molecule is CC(C)(C)c1ccc(Nc2ncc3c(n2)-c2ccccc2C(c2ccccc2Cl)C3)cc1. The van der Waals surface area contributed by atoms with Crippen LogP contribution in [0.5, 0.6) is 0 Å². The van der Waals surface area contributed by atoms with E-state index in [9.17, 15) is 0 Å². The largest absolute Gasteiger partial charge is 0.324 e. The molecular weight excluding hydrogens is 414 g/mol. The van der Waals surface area contributed by atoms with Gasteiger partial charge in [-0.3, -0.25) is 0 Å². The van der Waals surface area contributed by atoms with Gasteiger partial charge in [-0.2, -0.15) is 0 Å². The molecule has 0 radical (unpaired) electrons. The van der Waals surface area contributed by atoms with Crippen LogP contribution in [0.1, 0.15) is 48.9 Å². The molecule has 4 aromatic rings. The van der Waals surface area contributed by atoms with E-state index in [1.54, 1.807) is 0 Å². The predicted octanol–water partition coefficient (Wildman–Crippen LogP) is 7.53. The molecule has 1 aliphatic carbocycles. The van der Waals surface area contributed by atoms with Crippen molar-refractivity contribution in [2.75, 3.05) is 5.32 Å². The maximum atomic E-state index is 6.56. The monoisotopic (exact) mass is 439 g/mol. The summed E-state index contributed by atoms with van der Waals surface area (Å²) in [4.78, 5) is 9.54. The first-order chi connectivity index (χ1) is 15.4. The predicted molar refractivity (Wildman–Crippen MR) is 133 cm³/mol. The van der Waals surface area contributed by atoms with E-state index >= 15 is 0 Å². The van der Waals surface area contributed by atoms with Gasteiger partial charge in [-0.15, -0.1) is 0 Å². The Hall–Kier alpha value is -3.17. The minimum Gasteiger partial charge on any atom is -0.324 e. The molecule has 1 unspecified atom stereocenters. The fourth-order valence-corrected chi connectivity index (χ4v) is 4.68. The van der Waals surface area contributed by atoms with Gasteiger partial charge in [0.15, 0.2) is 0 Å². The molecule has 0 amide bonds. The van der Waals surface area contributed by atoms with Crippen molar-refractivity contribution >= 4 is 23.2 Å². The van der Waals surface area contributed by atoms with Crippen LogP contribution in [0.2, 0.25) is 5.02 Å². The first-order valence-electron chi connectivity index (χ1n) is 11.0. The molecule has 1 heterocycles. The average Bonchev–Trinajstić information content (AvgIpc) is 2.79. The number of anilines is 2. The third-order valence-electron chi connectivity index (χ3n) is 6.17. The lowest BCUT2D eigenvalue weighted by molar-refractivity contribution is 0.590. The molecule has 0 saturated carbocycles. The molecule has 0 spiro atoms. The van der Waals surface area contributed by atoms with Crippen molar-refractivity contribution < 1.29 is 0 Å². The van der Waals surface area contributed by atoms with E-state index in [1.807, 2.05) is 24.4 Å². The van der Waals surface area contributed by atoms with Crippen molar-refractivity contribution in [3.05, 3.63) is 106 Å². The van der Waals surface area contributed by atoms with Gasteiger partial charge >= 0.3 is 0 Å². The number of nitrogens with zero attached hydrogens (tertiary/aromatic N) is 2. The Bertz CT molecular complexity index is 1270. The van der Waals surface area contributed by atoms with E-state index in [0.29, 0.717) is 5.95 Å². The number of fused-ring (bicyclic) bond motifs is 3. The molecule has 0 saturated heterocycles. The summed E-state index contributed by atoms with van der Waals surface area (Å²) in [6.45, 7) is 6.65. The molecule has 3 nitrogen and oxygen atoms in total. The molecule has 3 aromatic carbocycles. The summed E-state index contributed by atoms with van der Waals surface area (Å²) >= 11 is 6.56. The first kappa shape index (κ1) is 20.7. The molecule has 1 aliphatic rings. The summed E-state index contributed by atoms with van der Waals surface area (Å²) in [5, 5.41) is 4.17. The molecule has 5 rings (SSSR count). The molecular formula is C28H26ClN3. The van der Waals surface area contributed by atoms with Crippen LogP contribution in [-0.2, 0) is 11.8 Å². The normalized spacial score (nSPS) is 15.1. The van der Waals surface area contributed by atoms with Crippen LogP contribution in [0, 0.1) is 0 Å². The minimum atomic E-state index is 0.128. The fourth-order valence-electron chi connectivity index (χ4n) is 4.41. The van der Waals surface area contributed by atoms with Gasteiger partial charge < -0.3 is 5.32 Å². The summed E-state index contributed by atoms with van der Waals surface area (Å²) in [5.74, 6) is 0.804. The van der Waals surface area contributed by atoms with Crippen LogP contribution in [0.3, 0.4) is 0 Å². The average molecular weight is 440 g/mol. The lowest BCUT2D eigenvalue weighted by atomic mass is 9.78. The van der Waals surface area contributed by atoms with E-state index in [0.717, 1.165) is 39.5 Å². The van der Waals surface area contributed by atoms with Gasteiger partial charge in [-0.25, -0.2) is 9.97 Å². The third kappa shape index (κ3) is 3.89. The van der Waals surface area contributed by atoms with Gasteiger partial charge in [0.1, 0.15) is 0 Å². The molecule has 0 bridgehead atoms. The van der Waals surface area contributed by atoms with Crippen LogP contribution in [0.4, 0.5) is 11.6 Å². The highest BCUT2D eigenvalue weighted by molar-refractivity contribution is 6.31. The Labute approximate surface area is 194 Å². The number of nitrogens with one attached hydrogen (secondary N) is 1. The quantitative estimate of drug-likeness (QED) is 0.358. The van der Waals surface area contributed by atoms with Crippen molar-refractivity contribution in [1.82, 2.24) is 9.97 Å². The minimum absolute atomic E-state index is 0.128. The standard InChI is InChI=1S/C28H26ClN3/c1-28(2,3)19-12-14-20(15-13-19)31-27-30-17-18-16-24(22-9-6-7-11-25(22)29)21-8-4-5-10-23(21)26(18)32-27/h4-15,17,24H,16H2,1-3H3,(H,30,31,32). The Morgan fingerprint density at radius 1 is 0.875 bits per heavy atom. The number of halogens is 1. The second kappa shape index (κ2) is 8.07. The van der Waals surface area contributed by atoms with E-state index in [-0.39, 0.29) is 11.3 Å². The summed E-state index contributed by atoms with van der Waals surface area (Å²) in [5.41, 5.74) is 8.09. The number of aromatic nitrogens is 2. The molecule has 0 fully saturated rings. The van der Waals surface area contributed by atoms with Crippen molar-refractivity contribution in [2.45, 2.75) is 38.5 Å².